The van der Waals surface area contributed by atoms with E-state index in [1.54, 1.807) is 13.0 Å². The summed E-state index contributed by atoms with van der Waals surface area (Å²) in [4.78, 5) is 10.8. The maximum Gasteiger partial charge on any atom is 0.179 e. The van der Waals surface area contributed by atoms with Gasteiger partial charge in [0, 0.05) is 29.5 Å². The predicted octanol–water partition coefficient (Wildman–Crippen LogP) is 1.60. The van der Waals surface area contributed by atoms with Crippen molar-refractivity contribution in [2.24, 2.45) is 0 Å². The van der Waals surface area contributed by atoms with E-state index in [-0.39, 0.29) is 23.1 Å². The van der Waals surface area contributed by atoms with E-state index in [0.29, 0.717) is 19.4 Å². The van der Waals surface area contributed by atoms with Gasteiger partial charge in [-0.05, 0) is 6.92 Å². The molecule has 27 heavy (non-hydrogen) atoms. The molecule has 3 unspecified atom stereocenters. The highest BCUT2D eigenvalue weighted by atomic mass is 16.9. The lowest BCUT2D eigenvalue weighted by Crippen LogP contribution is -3.15. The highest BCUT2D eigenvalue weighted by molar-refractivity contribution is 5.43. The van der Waals surface area contributed by atoms with Crippen LogP contribution in [0.2, 0.25) is 0 Å². The Morgan fingerprint density at radius 2 is 1.81 bits per heavy atom. The van der Waals surface area contributed by atoms with E-state index in [4.69, 9.17) is 9.68 Å². The largest absolute Gasteiger partial charge is 0.599 e. The van der Waals surface area contributed by atoms with Crippen LogP contribution in [-0.2, 0) is 15.2 Å². The smallest absolute Gasteiger partial charge is 0.179 e. The molecule has 1 aliphatic carbocycles. The first-order valence-electron chi connectivity index (χ1n) is 9.24. The lowest BCUT2D eigenvalue weighted by atomic mass is 9.71. The molecule has 0 heterocycles. The molecule has 0 saturated carbocycles. The molecular formula is C21H26N2O4. The van der Waals surface area contributed by atoms with E-state index in [1.165, 1.54) is 0 Å². The van der Waals surface area contributed by atoms with Crippen molar-refractivity contribution >= 4 is 0 Å². The van der Waals surface area contributed by atoms with Crippen molar-refractivity contribution < 1.29 is 20.1 Å². The second kappa shape index (κ2) is 8.75. The van der Waals surface area contributed by atoms with Crippen molar-refractivity contribution in [3.63, 3.8) is 0 Å². The summed E-state index contributed by atoms with van der Waals surface area (Å²) in [6, 6.07) is 16.9. The Bertz CT molecular complexity index is 755. The van der Waals surface area contributed by atoms with Gasteiger partial charge in [0.2, 0.25) is 0 Å². The number of nitrogens with one attached hydrogen (secondary N) is 2. The first-order valence-corrected chi connectivity index (χ1v) is 9.24. The minimum atomic E-state index is -0.941. The van der Waals surface area contributed by atoms with Gasteiger partial charge in [-0.25, -0.2) is 15.3 Å². The molecule has 0 radical (unpaired) electrons. The predicted molar refractivity (Wildman–Crippen MR) is 102 cm³/mol. The van der Waals surface area contributed by atoms with Crippen LogP contribution in [-0.4, -0.2) is 13.2 Å². The topological polar surface area (TPSA) is 73.5 Å². The van der Waals surface area contributed by atoms with Gasteiger partial charge in [0.15, 0.2) is 5.54 Å². The number of hydroxylamine groups is 4. The third kappa shape index (κ3) is 3.68. The molecular weight excluding hydrogens is 344 g/mol. The normalized spacial score (nSPS) is 24.0. The third-order valence-corrected chi connectivity index (χ3v) is 5.12. The van der Waals surface area contributed by atoms with E-state index >= 15 is 0 Å². The van der Waals surface area contributed by atoms with Crippen LogP contribution in [0.3, 0.4) is 0 Å². The van der Waals surface area contributed by atoms with E-state index in [1.807, 2.05) is 54.6 Å². The highest BCUT2D eigenvalue weighted by Gasteiger charge is 2.49. The molecule has 0 aromatic heterocycles. The molecule has 0 fully saturated rings. The fourth-order valence-electron chi connectivity index (χ4n) is 3.94. The zero-order valence-electron chi connectivity index (χ0n) is 15.5. The van der Waals surface area contributed by atoms with Crippen molar-refractivity contribution in [1.82, 2.24) is 0 Å². The maximum atomic E-state index is 13.3. The standard InChI is InChI=1S/C21H26N2O4/c1-3-16-27-23(25)21(17-10-6-5-7-11-17)15-14-20(22(24)26-4-2)18-12-8-9-13-19(18)21/h3,5-13,20,22-23H,1,4,14-16H2,2H3/t20-,21?/m0/s1. The molecule has 4 atom stereocenters. The van der Waals surface area contributed by atoms with Gasteiger partial charge in [-0.2, -0.15) is 4.84 Å². The summed E-state index contributed by atoms with van der Waals surface area (Å²) in [7, 11) is 0. The number of fused-ring (bicyclic) bond motifs is 1. The van der Waals surface area contributed by atoms with Crippen molar-refractivity contribution in [1.29, 1.82) is 0 Å². The summed E-state index contributed by atoms with van der Waals surface area (Å²) in [5.41, 5.74) is 1.58. The molecule has 0 spiro atoms. The Balaban J connectivity index is 2.13. The zero-order valence-corrected chi connectivity index (χ0v) is 15.5. The van der Waals surface area contributed by atoms with Crippen LogP contribution in [0.1, 0.15) is 42.5 Å². The second-order valence-corrected chi connectivity index (χ2v) is 6.59. The molecule has 2 aromatic rings. The van der Waals surface area contributed by atoms with Crippen LogP contribution in [0.15, 0.2) is 67.3 Å². The molecule has 6 nitrogen and oxygen atoms in total. The van der Waals surface area contributed by atoms with Gasteiger partial charge in [-0.15, -0.1) is 6.58 Å². The average molecular weight is 370 g/mol. The van der Waals surface area contributed by atoms with Gasteiger partial charge in [-0.1, -0.05) is 60.7 Å². The molecule has 6 heteroatoms. The molecule has 0 bridgehead atoms. The molecule has 0 amide bonds. The van der Waals surface area contributed by atoms with Crippen LogP contribution in [0, 0.1) is 10.4 Å². The molecule has 0 aliphatic heterocycles. The van der Waals surface area contributed by atoms with Crippen LogP contribution in [0.5, 0.6) is 0 Å². The number of rotatable bonds is 8. The number of hydrogen-bond donors (Lipinski definition) is 2. The summed E-state index contributed by atoms with van der Waals surface area (Å²) in [5.74, 6) is 0. The van der Waals surface area contributed by atoms with Crippen LogP contribution >= 0.6 is 0 Å². The Morgan fingerprint density at radius 1 is 1.11 bits per heavy atom. The van der Waals surface area contributed by atoms with Crippen LogP contribution in [0.25, 0.3) is 0 Å². The van der Waals surface area contributed by atoms with Crippen molar-refractivity contribution in [3.8, 4) is 0 Å². The summed E-state index contributed by atoms with van der Waals surface area (Å²) in [6.45, 7) is 5.92. The molecule has 2 aromatic carbocycles. The summed E-state index contributed by atoms with van der Waals surface area (Å²) >= 11 is 0. The third-order valence-electron chi connectivity index (χ3n) is 5.12. The minimum absolute atomic E-state index is 0.150. The first kappa shape index (κ1) is 19.7. The number of benzene rings is 2. The monoisotopic (exact) mass is 370 g/mol. The Kier molecular flexibility index (Phi) is 6.38. The number of hydrogen-bond acceptors (Lipinski definition) is 4. The van der Waals surface area contributed by atoms with E-state index in [2.05, 4.69) is 6.58 Å². The van der Waals surface area contributed by atoms with Crippen LogP contribution in [0.4, 0.5) is 0 Å². The van der Waals surface area contributed by atoms with Gasteiger partial charge < -0.3 is 10.4 Å². The lowest BCUT2D eigenvalue weighted by Gasteiger charge is -2.46. The molecule has 3 rings (SSSR count). The highest BCUT2D eigenvalue weighted by Crippen LogP contribution is 2.41. The zero-order chi connectivity index (χ0) is 19.3. The quantitative estimate of drug-likeness (QED) is 0.547. The maximum absolute atomic E-state index is 13.3. The second-order valence-electron chi connectivity index (χ2n) is 6.59. The molecule has 1 aliphatic rings. The van der Waals surface area contributed by atoms with E-state index < -0.39 is 5.54 Å². The fraction of sp³-hybridized carbons (Fsp3) is 0.333. The van der Waals surface area contributed by atoms with Crippen molar-refractivity contribution in [2.75, 3.05) is 13.2 Å². The summed E-state index contributed by atoms with van der Waals surface area (Å²) in [6.07, 6.45) is 2.56. The SMILES string of the molecule is C=CCO[NH+]([O-])C1(c2ccccc2)CC[C@H]([NH+]([O-])OCC)c2ccccc21. The Morgan fingerprint density at radius 3 is 2.52 bits per heavy atom. The first-order chi connectivity index (χ1) is 13.1. The van der Waals surface area contributed by atoms with Gasteiger partial charge in [0.25, 0.3) is 0 Å². The van der Waals surface area contributed by atoms with E-state index in [9.17, 15) is 10.4 Å². The van der Waals surface area contributed by atoms with Crippen molar-refractivity contribution in [3.05, 3.63) is 94.4 Å². The molecule has 2 N–H and O–H groups in total. The Hall–Kier alpha value is -2.06. The van der Waals surface area contributed by atoms with Gasteiger partial charge in [0.05, 0.1) is 0 Å². The lowest BCUT2D eigenvalue weighted by molar-refractivity contribution is -1.10. The minimum Gasteiger partial charge on any atom is -0.599 e. The van der Waals surface area contributed by atoms with E-state index in [0.717, 1.165) is 16.7 Å². The summed E-state index contributed by atoms with van der Waals surface area (Å²) in [5, 5.41) is 25.2. The fourth-order valence-corrected chi connectivity index (χ4v) is 3.94. The molecule has 144 valence electrons. The van der Waals surface area contributed by atoms with Gasteiger partial charge in [0.1, 0.15) is 19.3 Å². The Labute approximate surface area is 159 Å². The average Bonchev–Trinajstić information content (AvgIpc) is 2.72. The van der Waals surface area contributed by atoms with Gasteiger partial charge >= 0.3 is 0 Å². The van der Waals surface area contributed by atoms with Crippen molar-refractivity contribution in [2.45, 2.75) is 31.3 Å². The van der Waals surface area contributed by atoms with Crippen LogP contribution < -0.4 is 10.5 Å². The summed E-state index contributed by atoms with van der Waals surface area (Å²) < 4.78 is 0. The number of quaternary nitrogens is 2. The van der Waals surface area contributed by atoms with Gasteiger partial charge in [-0.3, -0.25) is 0 Å². The molecule has 0 saturated heterocycles.